The van der Waals surface area contributed by atoms with Gasteiger partial charge in [0, 0.05) is 10.7 Å². The van der Waals surface area contributed by atoms with Crippen LogP contribution < -0.4 is 14.8 Å². The van der Waals surface area contributed by atoms with Crippen LogP contribution >= 0.6 is 11.6 Å². The third-order valence-corrected chi connectivity index (χ3v) is 4.96. The predicted molar refractivity (Wildman–Crippen MR) is 126 cm³/mol. The number of nitrogens with one attached hydrogen (secondary N) is 1. The number of rotatable bonds is 8. The van der Waals surface area contributed by atoms with Crippen molar-refractivity contribution in [1.82, 2.24) is 0 Å². The van der Waals surface area contributed by atoms with E-state index in [4.69, 9.17) is 25.5 Å². The molecule has 174 valence electrons. The number of nitrogens with zero attached hydrogens (tertiary/aromatic N) is 1. The molecule has 3 aromatic rings. The fourth-order valence-electron chi connectivity index (χ4n) is 2.94. The lowest BCUT2D eigenvalue weighted by molar-refractivity contribution is -0.112. The van der Waals surface area contributed by atoms with Gasteiger partial charge in [0.25, 0.3) is 5.91 Å². The minimum absolute atomic E-state index is 0.0490. The second-order valence-electron chi connectivity index (χ2n) is 7.04. The van der Waals surface area contributed by atoms with Gasteiger partial charge in [0.05, 0.1) is 14.2 Å². The van der Waals surface area contributed by atoms with Gasteiger partial charge >= 0.3 is 5.97 Å². The van der Waals surface area contributed by atoms with Crippen molar-refractivity contribution in [1.29, 1.82) is 5.26 Å². The smallest absolute Gasteiger partial charge is 0.373 e. The molecule has 1 aromatic heterocycles. The molecule has 9 heteroatoms. The number of halogens is 1. The lowest BCUT2D eigenvalue weighted by atomic mass is 10.1. The largest absolute Gasteiger partial charge is 0.493 e. The molecule has 1 amide bonds. The summed E-state index contributed by atoms with van der Waals surface area (Å²) in [5.41, 5.74) is 1.80. The standard InChI is InChI=1S/C25H21ClN2O6/c1-15-4-6-18(26)12-20(15)28-24(29)17(13-27)10-16-5-8-21(23(11-16)31-2)33-14-19-7-9-22(34-19)25(30)32-3/h4-12H,14H2,1-3H3,(H,28,29)/b17-10+. The number of aryl methyl sites for hydroxylation is 1. The summed E-state index contributed by atoms with van der Waals surface area (Å²) < 4.78 is 21.1. The minimum Gasteiger partial charge on any atom is -0.493 e. The summed E-state index contributed by atoms with van der Waals surface area (Å²) in [6.45, 7) is 1.87. The Hall–Kier alpha value is -4.22. The Morgan fingerprint density at radius 3 is 2.62 bits per heavy atom. The topological polar surface area (TPSA) is 111 Å². The Labute approximate surface area is 201 Å². The summed E-state index contributed by atoms with van der Waals surface area (Å²) in [6, 6.07) is 15.1. The van der Waals surface area contributed by atoms with Crippen LogP contribution in [0.3, 0.4) is 0 Å². The normalized spacial score (nSPS) is 10.9. The van der Waals surface area contributed by atoms with E-state index < -0.39 is 11.9 Å². The molecule has 0 bridgehead atoms. The van der Waals surface area contributed by atoms with Crippen molar-refractivity contribution >= 4 is 35.2 Å². The van der Waals surface area contributed by atoms with Gasteiger partial charge in [-0.2, -0.15) is 5.26 Å². The molecule has 2 aromatic carbocycles. The SMILES string of the molecule is COC(=O)c1ccc(COc2ccc(/C=C(\C#N)C(=O)Nc3cc(Cl)ccc3C)cc2OC)o1. The summed E-state index contributed by atoms with van der Waals surface area (Å²) in [4.78, 5) is 24.1. The van der Waals surface area contributed by atoms with E-state index in [0.29, 0.717) is 33.5 Å². The van der Waals surface area contributed by atoms with Crippen LogP contribution in [0.25, 0.3) is 6.08 Å². The quantitative estimate of drug-likeness (QED) is 0.269. The van der Waals surface area contributed by atoms with Crippen LogP contribution in [-0.2, 0) is 16.1 Å². The Balaban J connectivity index is 1.74. The molecule has 1 heterocycles. The third-order valence-electron chi connectivity index (χ3n) is 4.73. The van der Waals surface area contributed by atoms with Gasteiger partial charge in [-0.05, 0) is 60.5 Å². The minimum atomic E-state index is -0.581. The molecule has 0 aliphatic heterocycles. The molecule has 3 rings (SSSR count). The highest BCUT2D eigenvalue weighted by Crippen LogP contribution is 2.30. The number of esters is 1. The number of methoxy groups -OCH3 is 2. The number of hydrogen-bond donors (Lipinski definition) is 1. The molecule has 0 aliphatic rings. The number of benzene rings is 2. The van der Waals surface area contributed by atoms with Gasteiger partial charge in [0.2, 0.25) is 5.76 Å². The molecule has 0 radical (unpaired) electrons. The van der Waals surface area contributed by atoms with E-state index in [0.717, 1.165) is 5.56 Å². The third kappa shape index (κ3) is 5.97. The van der Waals surface area contributed by atoms with E-state index in [-0.39, 0.29) is 17.9 Å². The van der Waals surface area contributed by atoms with Crippen LogP contribution in [0.5, 0.6) is 11.5 Å². The van der Waals surface area contributed by atoms with Gasteiger partial charge in [-0.3, -0.25) is 4.79 Å². The molecule has 0 atom stereocenters. The zero-order valence-electron chi connectivity index (χ0n) is 18.7. The average Bonchev–Trinajstić information content (AvgIpc) is 3.32. The van der Waals surface area contributed by atoms with Gasteiger partial charge in [-0.1, -0.05) is 23.7 Å². The molecule has 0 saturated carbocycles. The van der Waals surface area contributed by atoms with E-state index in [1.165, 1.54) is 26.4 Å². The molecule has 0 fully saturated rings. The van der Waals surface area contributed by atoms with Crippen LogP contribution in [0.1, 0.15) is 27.4 Å². The van der Waals surface area contributed by atoms with Gasteiger partial charge in [0.15, 0.2) is 11.5 Å². The van der Waals surface area contributed by atoms with Gasteiger partial charge < -0.3 is 23.9 Å². The van der Waals surface area contributed by atoms with E-state index in [9.17, 15) is 14.9 Å². The summed E-state index contributed by atoms with van der Waals surface area (Å²) in [5, 5.41) is 12.7. The molecule has 34 heavy (non-hydrogen) atoms. The van der Waals surface area contributed by atoms with Crippen molar-refractivity contribution in [2.75, 3.05) is 19.5 Å². The fraction of sp³-hybridized carbons (Fsp3) is 0.160. The number of ether oxygens (including phenoxy) is 3. The van der Waals surface area contributed by atoms with Crippen molar-refractivity contribution < 1.29 is 28.2 Å². The zero-order chi connectivity index (χ0) is 24.7. The number of amides is 1. The molecule has 0 spiro atoms. The van der Waals surface area contributed by atoms with Crippen molar-refractivity contribution in [2.45, 2.75) is 13.5 Å². The highest BCUT2D eigenvalue weighted by atomic mass is 35.5. The highest BCUT2D eigenvalue weighted by molar-refractivity contribution is 6.31. The predicted octanol–water partition coefficient (Wildman–Crippen LogP) is 5.16. The maximum Gasteiger partial charge on any atom is 0.373 e. The molecular formula is C25H21ClN2O6. The van der Waals surface area contributed by atoms with Crippen molar-refractivity contribution in [3.05, 3.63) is 81.8 Å². The summed E-state index contributed by atoms with van der Waals surface area (Å²) in [7, 11) is 2.74. The van der Waals surface area contributed by atoms with Gasteiger partial charge in [0.1, 0.15) is 24.0 Å². The zero-order valence-corrected chi connectivity index (χ0v) is 19.4. The highest BCUT2D eigenvalue weighted by Gasteiger charge is 2.14. The molecule has 8 nitrogen and oxygen atoms in total. The summed E-state index contributed by atoms with van der Waals surface area (Å²) in [5.74, 6) is 0.147. The van der Waals surface area contributed by atoms with E-state index in [1.54, 1.807) is 42.5 Å². The molecule has 0 saturated heterocycles. The Bertz CT molecular complexity index is 1290. The van der Waals surface area contributed by atoms with Crippen LogP contribution in [0.2, 0.25) is 5.02 Å². The Kier molecular flexibility index (Phi) is 7.96. The number of carbonyl (C=O) groups excluding carboxylic acids is 2. The number of nitriles is 1. The Morgan fingerprint density at radius 1 is 1.12 bits per heavy atom. The number of anilines is 1. The second-order valence-corrected chi connectivity index (χ2v) is 7.48. The first-order valence-corrected chi connectivity index (χ1v) is 10.4. The molecule has 1 N–H and O–H groups in total. The van der Waals surface area contributed by atoms with E-state index in [2.05, 4.69) is 10.1 Å². The van der Waals surface area contributed by atoms with Gasteiger partial charge in [-0.15, -0.1) is 0 Å². The van der Waals surface area contributed by atoms with E-state index in [1.807, 2.05) is 13.0 Å². The first-order valence-electron chi connectivity index (χ1n) is 10.0. The van der Waals surface area contributed by atoms with Crippen molar-refractivity contribution in [3.63, 3.8) is 0 Å². The van der Waals surface area contributed by atoms with Gasteiger partial charge in [-0.25, -0.2) is 4.79 Å². The number of carbonyl (C=O) groups is 2. The second kappa shape index (κ2) is 11.1. The maximum atomic E-state index is 12.6. The van der Waals surface area contributed by atoms with E-state index >= 15 is 0 Å². The lowest BCUT2D eigenvalue weighted by Gasteiger charge is -2.11. The first-order chi connectivity index (χ1) is 16.3. The molecule has 0 aliphatic carbocycles. The Morgan fingerprint density at radius 2 is 1.91 bits per heavy atom. The number of hydrogen-bond acceptors (Lipinski definition) is 7. The van der Waals surface area contributed by atoms with Crippen molar-refractivity contribution in [3.8, 4) is 17.6 Å². The monoisotopic (exact) mass is 480 g/mol. The molecular weight excluding hydrogens is 460 g/mol. The number of furan rings is 1. The fourth-order valence-corrected chi connectivity index (χ4v) is 3.11. The summed E-state index contributed by atoms with van der Waals surface area (Å²) >= 11 is 6.00. The average molecular weight is 481 g/mol. The first kappa shape index (κ1) is 24.4. The van der Waals surface area contributed by atoms with Crippen LogP contribution in [-0.4, -0.2) is 26.1 Å². The molecule has 0 unspecified atom stereocenters. The van der Waals surface area contributed by atoms with Crippen LogP contribution in [0.4, 0.5) is 5.69 Å². The van der Waals surface area contributed by atoms with Crippen LogP contribution in [0, 0.1) is 18.3 Å². The van der Waals surface area contributed by atoms with Crippen molar-refractivity contribution in [2.24, 2.45) is 0 Å². The van der Waals surface area contributed by atoms with Crippen LogP contribution in [0.15, 0.2) is 58.5 Å². The maximum absolute atomic E-state index is 12.6. The lowest BCUT2D eigenvalue weighted by Crippen LogP contribution is -2.14. The summed E-state index contributed by atoms with van der Waals surface area (Å²) in [6.07, 6.45) is 1.44.